The van der Waals surface area contributed by atoms with Crippen molar-refractivity contribution < 1.29 is 11.0 Å². The Morgan fingerprint density at radius 1 is 0.750 bits per heavy atom. The van der Waals surface area contributed by atoms with Crippen LogP contribution in [0.15, 0.2) is 0 Å². The van der Waals surface area contributed by atoms with Gasteiger partial charge in [0.15, 0.2) is 0 Å². The van der Waals surface area contributed by atoms with Crippen LogP contribution in [0.2, 0.25) is 0 Å². The van der Waals surface area contributed by atoms with Gasteiger partial charge in [0.05, 0.1) is 0 Å². The summed E-state index contributed by atoms with van der Waals surface area (Å²) in [5.41, 5.74) is 0. The van der Waals surface area contributed by atoms with E-state index in [1.165, 1.54) is 0 Å². The van der Waals surface area contributed by atoms with Crippen molar-refractivity contribution in [2.75, 3.05) is 0 Å². The molecule has 4 heteroatoms. The number of hydrogen-bond donors (Lipinski definition) is 0. The second kappa shape index (κ2) is 28.0. The summed E-state index contributed by atoms with van der Waals surface area (Å²) in [6.45, 7) is 0. The van der Waals surface area contributed by atoms with E-state index >= 15 is 0 Å². The summed E-state index contributed by atoms with van der Waals surface area (Å²) in [7, 11) is 0. The molecule has 0 aromatic heterocycles. The molecule has 0 saturated heterocycles. The third-order valence-corrected chi connectivity index (χ3v) is 0. The molecule has 4 N–H and O–H groups in total. The Hall–Kier alpha value is 1.28. The SMILES string of the molecule is O.O.[Li].[MgH2]. The zero-order valence-electron chi connectivity index (χ0n) is 2.00. The Labute approximate surface area is 52.9 Å². The van der Waals surface area contributed by atoms with E-state index in [1.807, 2.05) is 0 Å². The van der Waals surface area contributed by atoms with Crippen molar-refractivity contribution >= 4 is 41.9 Å². The molecule has 0 aliphatic carbocycles. The van der Waals surface area contributed by atoms with Crippen molar-refractivity contribution in [2.24, 2.45) is 0 Å². The third-order valence-electron chi connectivity index (χ3n) is 0. The van der Waals surface area contributed by atoms with E-state index in [4.69, 9.17) is 0 Å². The average molecular weight is 69.3 g/mol. The fourth-order valence-corrected chi connectivity index (χ4v) is 0. The summed E-state index contributed by atoms with van der Waals surface area (Å²) in [5, 5.41) is 0. The first kappa shape index (κ1) is 58.8. The molecule has 4 heavy (non-hydrogen) atoms. The van der Waals surface area contributed by atoms with Gasteiger partial charge in [-0.1, -0.05) is 0 Å². The second-order valence-electron chi connectivity index (χ2n) is 0. The smallest absolute Gasteiger partial charge is 0.316 e. The van der Waals surface area contributed by atoms with Gasteiger partial charge in [-0.15, -0.1) is 0 Å². The first-order chi connectivity index (χ1) is 0. The Kier molecular flexibility index (Phi) is 412. The monoisotopic (exact) mass is 69.0 g/mol. The van der Waals surface area contributed by atoms with Gasteiger partial charge in [-0.25, -0.2) is 0 Å². The molecule has 0 fully saturated rings. The molecule has 0 amide bonds. The zero-order chi connectivity index (χ0) is 0. The van der Waals surface area contributed by atoms with E-state index in [1.54, 1.807) is 0 Å². The van der Waals surface area contributed by atoms with Gasteiger partial charge in [0, 0.05) is 18.9 Å². The molecule has 21 valence electrons. The minimum atomic E-state index is 0. The molecule has 0 aromatic rings. The molecule has 0 aliphatic rings. The molecular formula is H6LiMgO2. The summed E-state index contributed by atoms with van der Waals surface area (Å²) in [6, 6.07) is 0. The maximum Gasteiger partial charge on any atom is 0.316 e. The van der Waals surface area contributed by atoms with Crippen LogP contribution in [-0.2, 0) is 0 Å². The van der Waals surface area contributed by atoms with Crippen molar-refractivity contribution in [3.05, 3.63) is 0 Å². The van der Waals surface area contributed by atoms with Crippen LogP contribution in [0.3, 0.4) is 0 Å². The van der Waals surface area contributed by atoms with E-state index in [2.05, 4.69) is 0 Å². The van der Waals surface area contributed by atoms with Gasteiger partial charge >= 0.3 is 23.1 Å². The first-order valence-corrected chi connectivity index (χ1v) is 0. The Balaban J connectivity index is 0. The predicted molar refractivity (Wildman–Crippen MR) is 21.5 cm³/mol. The van der Waals surface area contributed by atoms with E-state index < -0.39 is 0 Å². The summed E-state index contributed by atoms with van der Waals surface area (Å²) in [4.78, 5) is 0. The van der Waals surface area contributed by atoms with Crippen LogP contribution in [0.1, 0.15) is 0 Å². The van der Waals surface area contributed by atoms with Crippen LogP contribution in [0.5, 0.6) is 0 Å². The van der Waals surface area contributed by atoms with Gasteiger partial charge in [-0.05, 0) is 0 Å². The molecule has 0 rings (SSSR count). The number of rotatable bonds is 0. The third kappa shape index (κ3) is 10.4. The van der Waals surface area contributed by atoms with E-state index in [0.717, 1.165) is 0 Å². The van der Waals surface area contributed by atoms with Gasteiger partial charge in [0.2, 0.25) is 0 Å². The van der Waals surface area contributed by atoms with Crippen molar-refractivity contribution in [1.29, 1.82) is 0 Å². The molecular weight excluding hydrogens is 63.2 g/mol. The van der Waals surface area contributed by atoms with E-state index in [0.29, 0.717) is 0 Å². The van der Waals surface area contributed by atoms with E-state index in [-0.39, 0.29) is 52.9 Å². The molecule has 0 atom stereocenters. The quantitative estimate of drug-likeness (QED) is 0.273. The van der Waals surface area contributed by atoms with Gasteiger partial charge in [-0.3, -0.25) is 0 Å². The van der Waals surface area contributed by atoms with Gasteiger partial charge < -0.3 is 11.0 Å². The Morgan fingerprint density at radius 2 is 0.750 bits per heavy atom. The van der Waals surface area contributed by atoms with Crippen molar-refractivity contribution in [1.82, 2.24) is 0 Å². The molecule has 0 aliphatic heterocycles. The largest absolute Gasteiger partial charge is 0.412 e. The van der Waals surface area contributed by atoms with Crippen molar-refractivity contribution in [3.63, 3.8) is 0 Å². The van der Waals surface area contributed by atoms with Crippen LogP contribution in [0.4, 0.5) is 0 Å². The summed E-state index contributed by atoms with van der Waals surface area (Å²) in [5.74, 6) is 0. The maximum absolute atomic E-state index is 0. The van der Waals surface area contributed by atoms with Crippen LogP contribution < -0.4 is 0 Å². The van der Waals surface area contributed by atoms with E-state index in [9.17, 15) is 0 Å². The maximum atomic E-state index is 0. The Bertz CT molecular complexity index is 6.00. The molecule has 0 saturated carbocycles. The normalized spacial score (nSPS) is 0. The van der Waals surface area contributed by atoms with Gasteiger partial charge in [0.25, 0.3) is 0 Å². The van der Waals surface area contributed by atoms with Crippen LogP contribution in [0.25, 0.3) is 0 Å². The van der Waals surface area contributed by atoms with Crippen LogP contribution in [0, 0.1) is 0 Å². The Morgan fingerprint density at radius 3 is 0.750 bits per heavy atom. The van der Waals surface area contributed by atoms with Crippen molar-refractivity contribution in [2.45, 2.75) is 0 Å². The second-order valence-corrected chi connectivity index (χ2v) is 0. The average Bonchev–Trinajstić information content (AvgIpc) is 0. The number of hydrogen-bond acceptors (Lipinski definition) is 0. The summed E-state index contributed by atoms with van der Waals surface area (Å²) >= 11 is 0. The molecule has 1 radical (unpaired) electrons. The van der Waals surface area contributed by atoms with Gasteiger partial charge in [-0.2, -0.15) is 0 Å². The topological polar surface area (TPSA) is 63.0 Å². The fourth-order valence-electron chi connectivity index (χ4n) is 0. The first-order valence-electron chi connectivity index (χ1n) is 0. The fraction of sp³-hybridized carbons (Fsp3) is 0. The molecule has 0 heterocycles. The van der Waals surface area contributed by atoms with Crippen molar-refractivity contribution in [3.8, 4) is 0 Å². The predicted octanol–water partition coefficient (Wildman–Crippen LogP) is -2.95. The molecule has 0 aromatic carbocycles. The molecule has 2 nitrogen and oxygen atoms in total. The summed E-state index contributed by atoms with van der Waals surface area (Å²) in [6.07, 6.45) is 0. The molecule has 0 spiro atoms. The molecule has 0 unspecified atom stereocenters. The van der Waals surface area contributed by atoms with Gasteiger partial charge in [0.1, 0.15) is 0 Å². The zero-order valence-corrected chi connectivity index (χ0v) is 2.00. The van der Waals surface area contributed by atoms with Crippen LogP contribution >= 0.6 is 0 Å². The standard InChI is InChI=1S/Li.Mg.2H2O.2H/h;;2*1H2;;. The minimum Gasteiger partial charge on any atom is -0.412 e. The minimum absolute atomic E-state index is 0. The van der Waals surface area contributed by atoms with Crippen LogP contribution in [-0.4, -0.2) is 52.9 Å². The summed E-state index contributed by atoms with van der Waals surface area (Å²) < 4.78 is 0. The molecule has 0 bridgehead atoms.